The number of nitrogen functional groups attached to an aromatic ring is 1. The third-order valence-corrected chi connectivity index (χ3v) is 3.35. The number of aromatic amines is 1. The highest BCUT2D eigenvalue weighted by Crippen LogP contribution is 2.31. The summed E-state index contributed by atoms with van der Waals surface area (Å²) < 4.78 is 5.18. The second-order valence-electron chi connectivity index (χ2n) is 5.24. The van der Waals surface area contributed by atoms with Gasteiger partial charge in [-0.25, -0.2) is 14.8 Å². The van der Waals surface area contributed by atoms with Gasteiger partial charge in [-0.05, 0) is 27.7 Å². The van der Waals surface area contributed by atoms with E-state index in [4.69, 9.17) is 10.5 Å². The number of aryl methyl sites for hydroxylation is 1. The SMILES string of the molecule is Cc1nc(NC(=O)OC(C)(C)C)sc1-c1cnc(N)[nH]1. The molecule has 2 aromatic rings. The van der Waals surface area contributed by atoms with Crippen LogP contribution in [0.25, 0.3) is 10.6 Å². The number of rotatable bonds is 2. The van der Waals surface area contributed by atoms with E-state index in [0.717, 1.165) is 16.3 Å². The Morgan fingerprint density at radius 1 is 1.50 bits per heavy atom. The number of imidazole rings is 1. The Kier molecular flexibility index (Phi) is 3.67. The van der Waals surface area contributed by atoms with Crippen LogP contribution in [0.15, 0.2) is 6.20 Å². The molecule has 0 aromatic carbocycles. The van der Waals surface area contributed by atoms with Gasteiger partial charge in [0.25, 0.3) is 0 Å². The molecule has 8 heteroatoms. The van der Waals surface area contributed by atoms with Crippen molar-refractivity contribution >= 4 is 28.5 Å². The van der Waals surface area contributed by atoms with E-state index in [1.807, 2.05) is 6.92 Å². The summed E-state index contributed by atoms with van der Waals surface area (Å²) in [5.41, 5.74) is 6.56. The van der Waals surface area contributed by atoms with Gasteiger partial charge < -0.3 is 15.5 Å². The zero-order valence-electron chi connectivity index (χ0n) is 11.8. The van der Waals surface area contributed by atoms with Gasteiger partial charge in [0.05, 0.1) is 22.5 Å². The Hall–Kier alpha value is -2.09. The fraction of sp³-hybridized carbons (Fsp3) is 0.417. The van der Waals surface area contributed by atoms with Crippen LogP contribution in [-0.4, -0.2) is 26.6 Å². The molecule has 0 unspecified atom stereocenters. The Bertz CT molecular complexity index is 626. The first kappa shape index (κ1) is 14.3. The largest absolute Gasteiger partial charge is 0.444 e. The van der Waals surface area contributed by atoms with Crippen LogP contribution in [0.5, 0.6) is 0 Å². The van der Waals surface area contributed by atoms with Crippen molar-refractivity contribution in [1.82, 2.24) is 15.0 Å². The number of carbonyl (C=O) groups is 1. The van der Waals surface area contributed by atoms with Crippen molar-refractivity contribution in [3.05, 3.63) is 11.9 Å². The molecule has 4 N–H and O–H groups in total. The molecule has 0 radical (unpaired) electrons. The first-order chi connectivity index (χ1) is 9.24. The van der Waals surface area contributed by atoms with E-state index < -0.39 is 11.7 Å². The normalized spacial score (nSPS) is 11.4. The monoisotopic (exact) mass is 295 g/mol. The number of hydrogen-bond donors (Lipinski definition) is 3. The van der Waals surface area contributed by atoms with Gasteiger partial charge in [0.15, 0.2) is 11.1 Å². The number of thiazole rings is 1. The number of aromatic nitrogens is 3. The lowest BCUT2D eigenvalue weighted by Gasteiger charge is -2.18. The number of hydrogen-bond acceptors (Lipinski definition) is 6. The lowest BCUT2D eigenvalue weighted by atomic mass is 10.2. The van der Waals surface area contributed by atoms with Gasteiger partial charge in [0.1, 0.15) is 5.60 Å². The number of carbonyl (C=O) groups excluding carboxylic acids is 1. The molecular weight excluding hydrogens is 278 g/mol. The molecule has 2 rings (SSSR count). The minimum Gasteiger partial charge on any atom is -0.444 e. The van der Waals surface area contributed by atoms with Crippen LogP contribution in [0.1, 0.15) is 26.5 Å². The van der Waals surface area contributed by atoms with Gasteiger partial charge in [-0.3, -0.25) is 5.32 Å². The number of nitrogens with one attached hydrogen (secondary N) is 2. The molecule has 7 nitrogen and oxygen atoms in total. The van der Waals surface area contributed by atoms with Crippen LogP contribution < -0.4 is 11.1 Å². The van der Waals surface area contributed by atoms with E-state index in [1.54, 1.807) is 27.0 Å². The average molecular weight is 295 g/mol. The topological polar surface area (TPSA) is 106 Å². The summed E-state index contributed by atoms with van der Waals surface area (Å²) >= 11 is 1.33. The highest BCUT2D eigenvalue weighted by atomic mass is 32.1. The smallest absolute Gasteiger partial charge is 0.413 e. The van der Waals surface area contributed by atoms with Crippen molar-refractivity contribution < 1.29 is 9.53 Å². The molecule has 108 valence electrons. The summed E-state index contributed by atoms with van der Waals surface area (Å²) in [5, 5.41) is 3.09. The molecule has 0 aliphatic carbocycles. The molecule has 0 aliphatic heterocycles. The molecule has 0 spiro atoms. The third kappa shape index (κ3) is 3.47. The maximum Gasteiger partial charge on any atom is 0.413 e. The van der Waals surface area contributed by atoms with Gasteiger partial charge in [-0.2, -0.15) is 0 Å². The third-order valence-electron chi connectivity index (χ3n) is 2.24. The number of nitrogens with two attached hydrogens (primary N) is 1. The fourth-order valence-electron chi connectivity index (χ4n) is 1.54. The van der Waals surface area contributed by atoms with Crippen LogP contribution in [0.3, 0.4) is 0 Å². The summed E-state index contributed by atoms with van der Waals surface area (Å²) in [6.07, 6.45) is 1.11. The van der Waals surface area contributed by atoms with Crippen molar-refractivity contribution in [3.63, 3.8) is 0 Å². The van der Waals surface area contributed by atoms with Crippen LogP contribution in [0, 0.1) is 6.92 Å². The van der Waals surface area contributed by atoms with E-state index in [2.05, 4.69) is 20.3 Å². The van der Waals surface area contributed by atoms with E-state index >= 15 is 0 Å². The molecule has 1 amide bonds. The van der Waals surface area contributed by atoms with Crippen molar-refractivity contribution in [1.29, 1.82) is 0 Å². The number of H-pyrrole nitrogens is 1. The van der Waals surface area contributed by atoms with E-state index in [-0.39, 0.29) is 0 Å². The summed E-state index contributed by atoms with van der Waals surface area (Å²) in [4.78, 5) is 23.7. The standard InChI is InChI=1S/C12H17N5O2S/c1-6-8(7-5-14-9(13)16-7)20-10(15-6)17-11(18)19-12(2,3)4/h5H,1-4H3,(H3,13,14,16)(H,15,17,18). The predicted octanol–water partition coefficient (Wildman–Crippen LogP) is 2.77. The molecule has 0 fully saturated rings. The van der Waals surface area contributed by atoms with Gasteiger partial charge >= 0.3 is 6.09 Å². The lowest BCUT2D eigenvalue weighted by molar-refractivity contribution is 0.0636. The first-order valence-electron chi connectivity index (χ1n) is 6.03. The molecule has 0 atom stereocenters. The number of ether oxygens (including phenoxy) is 1. The predicted molar refractivity (Wildman–Crippen MR) is 78.7 cm³/mol. The Morgan fingerprint density at radius 2 is 2.20 bits per heavy atom. The van der Waals surface area contributed by atoms with Crippen molar-refractivity contribution in [2.24, 2.45) is 0 Å². The van der Waals surface area contributed by atoms with Gasteiger partial charge in [0, 0.05) is 0 Å². The zero-order chi connectivity index (χ0) is 14.9. The summed E-state index contributed by atoms with van der Waals surface area (Å²) in [7, 11) is 0. The van der Waals surface area contributed by atoms with Crippen molar-refractivity contribution in [2.75, 3.05) is 11.1 Å². The summed E-state index contributed by atoms with van der Waals surface area (Å²) in [5.74, 6) is 0.342. The first-order valence-corrected chi connectivity index (χ1v) is 6.84. The van der Waals surface area contributed by atoms with Crippen molar-refractivity contribution in [2.45, 2.75) is 33.3 Å². The summed E-state index contributed by atoms with van der Waals surface area (Å²) in [6.45, 7) is 7.26. The van der Waals surface area contributed by atoms with Crippen LogP contribution in [-0.2, 0) is 4.74 Å². The Labute approximate surface area is 120 Å². The second-order valence-corrected chi connectivity index (χ2v) is 6.24. The van der Waals surface area contributed by atoms with E-state index in [0.29, 0.717) is 11.1 Å². The molecule has 2 heterocycles. The molecule has 0 aliphatic rings. The van der Waals surface area contributed by atoms with Gasteiger partial charge in [-0.15, -0.1) is 0 Å². The minimum absolute atomic E-state index is 0.342. The molecule has 0 saturated heterocycles. The zero-order valence-corrected chi connectivity index (χ0v) is 12.6. The molecule has 0 saturated carbocycles. The molecule has 0 bridgehead atoms. The van der Waals surface area contributed by atoms with E-state index in [9.17, 15) is 4.79 Å². The Balaban J connectivity index is 2.14. The van der Waals surface area contributed by atoms with Crippen LogP contribution >= 0.6 is 11.3 Å². The number of anilines is 2. The maximum atomic E-state index is 11.7. The molecule has 2 aromatic heterocycles. The van der Waals surface area contributed by atoms with Crippen LogP contribution in [0.4, 0.5) is 15.9 Å². The average Bonchev–Trinajstić information content (AvgIpc) is 2.82. The Morgan fingerprint density at radius 3 is 2.75 bits per heavy atom. The van der Waals surface area contributed by atoms with Crippen LogP contribution in [0.2, 0.25) is 0 Å². The maximum absolute atomic E-state index is 11.7. The summed E-state index contributed by atoms with van der Waals surface area (Å²) in [6, 6.07) is 0. The second kappa shape index (κ2) is 5.12. The van der Waals surface area contributed by atoms with Gasteiger partial charge in [-0.1, -0.05) is 11.3 Å². The van der Waals surface area contributed by atoms with Gasteiger partial charge in [0.2, 0.25) is 0 Å². The number of amides is 1. The quantitative estimate of drug-likeness (QED) is 0.790. The minimum atomic E-state index is -0.545. The molecular formula is C12H17N5O2S. The fourth-order valence-corrected chi connectivity index (χ4v) is 2.46. The van der Waals surface area contributed by atoms with Crippen molar-refractivity contribution in [3.8, 4) is 10.6 Å². The highest BCUT2D eigenvalue weighted by molar-refractivity contribution is 7.19. The highest BCUT2D eigenvalue weighted by Gasteiger charge is 2.18. The number of nitrogens with zero attached hydrogens (tertiary/aromatic N) is 2. The lowest BCUT2D eigenvalue weighted by Crippen LogP contribution is -2.27. The molecule has 20 heavy (non-hydrogen) atoms. The van der Waals surface area contributed by atoms with E-state index in [1.165, 1.54) is 11.3 Å².